The number of nitrogens with zero attached hydrogens (tertiary/aromatic N) is 1. The summed E-state index contributed by atoms with van der Waals surface area (Å²) in [6.07, 6.45) is 1.64. The molecule has 84 valence electrons. The van der Waals surface area contributed by atoms with E-state index in [1.165, 1.54) is 0 Å². The van der Waals surface area contributed by atoms with Gasteiger partial charge in [-0.15, -0.1) is 0 Å². The van der Waals surface area contributed by atoms with Gasteiger partial charge < -0.3 is 5.32 Å². The molecule has 1 heterocycles. The highest BCUT2D eigenvalue weighted by Crippen LogP contribution is 2.26. The Bertz CT molecular complexity index is 328. The fourth-order valence-electron chi connectivity index (χ4n) is 1.50. The van der Waals surface area contributed by atoms with Gasteiger partial charge in [-0.2, -0.15) is 0 Å². The van der Waals surface area contributed by atoms with Crippen LogP contribution in [0, 0.1) is 0 Å². The number of likely N-dealkylation sites (N-methyl/N-ethyl adjacent to an activating group) is 1. The van der Waals surface area contributed by atoms with Crippen LogP contribution in [0.15, 0.2) is 12.3 Å². The number of hydrogen-bond acceptors (Lipinski definition) is 2. The van der Waals surface area contributed by atoms with E-state index in [1.54, 1.807) is 12.3 Å². The Hall–Kier alpha value is -0.310. The van der Waals surface area contributed by atoms with Crippen LogP contribution in [0.2, 0.25) is 10.0 Å². The van der Waals surface area contributed by atoms with E-state index in [4.69, 9.17) is 23.2 Å². The SMILES string of the molecule is CCNC(C)C(C)c1ncc(Cl)cc1Cl. The van der Waals surface area contributed by atoms with Crippen LogP contribution in [0.5, 0.6) is 0 Å². The predicted molar refractivity (Wildman–Crippen MR) is 65.8 cm³/mol. The first-order valence-electron chi connectivity index (χ1n) is 5.10. The molecule has 0 spiro atoms. The van der Waals surface area contributed by atoms with Gasteiger partial charge in [-0.25, -0.2) is 0 Å². The molecule has 0 aliphatic rings. The normalized spacial score (nSPS) is 15.0. The van der Waals surface area contributed by atoms with Crippen LogP contribution in [0.1, 0.15) is 32.4 Å². The van der Waals surface area contributed by atoms with Crippen LogP contribution in [0.25, 0.3) is 0 Å². The van der Waals surface area contributed by atoms with Gasteiger partial charge >= 0.3 is 0 Å². The average Bonchev–Trinajstić information content (AvgIpc) is 2.17. The summed E-state index contributed by atoms with van der Waals surface area (Å²) >= 11 is 11.9. The topological polar surface area (TPSA) is 24.9 Å². The zero-order chi connectivity index (χ0) is 11.4. The molecule has 1 N–H and O–H groups in total. The third kappa shape index (κ3) is 3.33. The van der Waals surface area contributed by atoms with Gasteiger partial charge in [0.25, 0.3) is 0 Å². The maximum Gasteiger partial charge on any atom is 0.0639 e. The molecule has 0 fully saturated rings. The number of rotatable bonds is 4. The molecule has 2 atom stereocenters. The molecule has 0 aliphatic heterocycles. The zero-order valence-corrected chi connectivity index (χ0v) is 10.7. The van der Waals surface area contributed by atoms with Gasteiger partial charge in [0.1, 0.15) is 0 Å². The molecule has 0 saturated carbocycles. The Balaban J connectivity index is 2.86. The summed E-state index contributed by atoms with van der Waals surface area (Å²) in [6, 6.07) is 2.09. The second kappa shape index (κ2) is 5.69. The Morgan fingerprint density at radius 2 is 2.07 bits per heavy atom. The maximum absolute atomic E-state index is 6.09. The minimum atomic E-state index is 0.273. The standard InChI is InChI=1S/C11H16Cl2N2/c1-4-14-8(3)7(2)11-10(13)5-9(12)6-15-11/h5-8,14H,4H2,1-3H3. The molecule has 0 bridgehead atoms. The molecule has 4 heteroatoms. The minimum absolute atomic E-state index is 0.273. The molecule has 0 aromatic carbocycles. The van der Waals surface area contributed by atoms with Crippen molar-refractivity contribution >= 4 is 23.2 Å². The lowest BCUT2D eigenvalue weighted by Crippen LogP contribution is -2.31. The molecule has 0 aliphatic carbocycles. The number of nitrogens with one attached hydrogen (secondary N) is 1. The predicted octanol–water partition coefficient (Wildman–Crippen LogP) is 3.49. The first kappa shape index (κ1) is 12.8. The number of aromatic nitrogens is 1. The van der Waals surface area contributed by atoms with E-state index in [9.17, 15) is 0 Å². The van der Waals surface area contributed by atoms with Gasteiger partial charge in [-0.05, 0) is 19.5 Å². The van der Waals surface area contributed by atoms with Gasteiger partial charge in [-0.3, -0.25) is 4.98 Å². The summed E-state index contributed by atoms with van der Waals surface area (Å²) in [5, 5.41) is 4.57. The number of halogens is 2. The molecule has 1 rings (SSSR count). The third-order valence-corrected chi connectivity index (χ3v) is 3.05. The van der Waals surface area contributed by atoms with Crippen molar-refractivity contribution in [2.75, 3.05) is 6.54 Å². The van der Waals surface area contributed by atoms with E-state index < -0.39 is 0 Å². The molecular weight excluding hydrogens is 231 g/mol. The van der Waals surface area contributed by atoms with Crippen molar-refractivity contribution in [1.82, 2.24) is 10.3 Å². The van der Waals surface area contributed by atoms with Gasteiger partial charge in [0, 0.05) is 18.2 Å². The van der Waals surface area contributed by atoms with Crippen LogP contribution in [0.3, 0.4) is 0 Å². The third-order valence-electron chi connectivity index (χ3n) is 2.54. The summed E-state index contributed by atoms with van der Waals surface area (Å²) in [5.74, 6) is 0.273. The van der Waals surface area contributed by atoms with Crippen molar-refractivity contribution in [3.63, 3.8) is 0 Å². The van der Waals surface area contributed by atoms with E-state index in [-0.39, 0.29) is 5.92 Å². The van der Waals surface area contributed by atoms with Gasteiger partial charge in [0.2, 0.25) is 0 Å². The first-order chi connectivity index (χ1) is 7.06. The summed E-state index contributed by atoms with van der Waals surface area (Å²) in [5.41, 5.74) is 0.898. The summed E-state index contributed by atoms with van der Waals surface area (Å²) < 4.78 is 0. The van der Waals surface area contributed by atoms with Crippen LogP contribution in [-0.2, 0) is 0 Å². The quantitative estimate of drug-likeness (QED) is 0.880. The van der Waals surface area contributed by atoms with Crippen molar-refractivity contribution in [3.8, 4) is 0 Å². The van der Waals surface area contributed by atoms with Crippen LogP contribution < -0.4 is 5.32 Å². The fourth-order valence-corrected chi connectivity index (χ4v) is 2.05. The van der Waals surface area contributed by atoms with E-state index >= 15 is 0 Å². The Morgan fingerprint density at radius 1 is 1.40 bits per heavy atom. The summed E-state index contributed by atoms with van der Waals surface area (Å²) in [7, 11) is 0. The van der Waals surface area contributed by atoms with E-state index in [0.717, 1.165) is 12.2 Å². The van der Waals surface area contributed by atoms with Crippen LogP contribution >= 0.6 is 23.2 Å². The smallest absolute Gasteiger partial charge is 0.0639 e. The second-order valence-corrected chi connectivity index (χ2v) is 4.50. The first-order valence-corrected chi connectivity index (χ1v) is 5.86. The molecule has 1 aromatic rings. The van der Waals surface area contributed by atoms with Crippen molar-refractivity contribution in [2.24, 2.45) is 0 Å². The highest BCUT2D eigenvalue weighted by molar-refractivity contribution is 6.34. The highest BCUT2D eigenvalue weighted by atomic mass is 35.5. The number of hydrogen-bond donors (Lipinski definition) is 1. The van der Waals surface area contributed by atoms with Crippen LogP contribution in [0.4, 0.5) is 0 Å². The molecular formula is C11H16Cl2N2. The number of pyridine rings is 1. The minimum Gasteiger partial charge on any atom is -0.314 e. The van der Waals surface area contributed by atoms with E-state index in [2.05, 4.69) is 31.1 Å². The lowest BCUT2D eigenvalue weighted by molar-refractivity contribution is 0.487. The Morgan fingerprint density at radius 3 is 2.60 bits per heavy atom. The average molecular weight is 247 g/mol. The summed E-state index contributed by atoms with van der Waals surface area (Å²) in [6.45, 7) is 7.26. The van der Waals surface area contributed by atoms with Crippen LogP contribution in [-0.4, -0.2) is 17.6 Å². The van der Waals surface area contributed by atoms with Gasteiger partial charge in [0.05, 0.1) is 15.7 Å². The fraction of sp³-hybridized carbons (Fsp3) is 0.545. The monoisotopic (exact) mass is 246 g/mol. The van der Waals surface area contributed by atoms with Crippen molar-refractivity contribution in [1.29, 1.82) is 0 Å². The lowest BCUT2D eigenvalue weighted by Gasteiger charge is -2.21. The largest absolute Gasteiger partial charge is 0.314 e. The molecule has 2 unspecified atom stereocenters. The lowest BCUT2D eigenvalue weighted by atomic mass is 9.99. The van der Waals surface area contributed by atoms with Crippen molar-refractivity contribution in [2.45, 2.75) is 32.7 Å². The van der Waals surface area contributed by atoms with Gasteiger partial charge in [0.15, 0.2) is 0 Å². The molecule has 15 heavy (non-hydrogen) atoms. The summed E-state index contributed by atoms with van der Waals surface area (Å²) in [4.78, 5) is 4.28. The van der Waals surface area contributed by atoms with Crippen molar-refractivity contribution < 1.29 is 0 Å². The highest BCUT2D eigenvalue weighted by Gasteiger charge is 2.17. The molecule has 1 aromatic heterocycles. The molecule has 0 amide bonds. The second-order valence-electron chi connectivity index (χ2n) is 3.66. The van der Waals surface area contributed by atoms with E-state index in [1.807, 2.05) is 0 Å². The zero-order valence-electron chi connectivity index (χ0n) is 9.22. The Labute approximate surface area is 101 Å². The van der Waals surface area contributed by atoms with Gasteiger partial charge in [-0.1, -0.05) is 37.0 Å². The Kier molecular flexibility index (Phi) is 4.84. The van der Waals surface area contributed by atoms with Crippen molar-refractivity contribution in [3.05, 3.63) is 28.0 Å². The molecule has 0 saturated heterocycles. The van der Waals surface area contributed by atoms with E-state index in [0.29, 0.717) is 16.1 Å². The molecule has 0 radical (unpaired) electrons. The maximum atomic E-state index is 6.09. The molecule has 2 nitrogen and oxygen atoms in total.